The van der Waals surface area contributed by atoms with Gasteiger partial charge in [-0.1, -0.05) is 20.1 Å². The van der Waals surface area contributed by atoms with Crippen LogP contribution in [-0.4, -0.2) is 53.8 Å². The molecule has 0 bridgehead atoms. The first-order valence-electron chi connectivity index (χ1n) is 9.07. The fourth-order valence-electron chi connectivity index (χ4n) is 3.14. The second-order valence-electron chi connectivity index (χ2n) is 6.40. The van der Waals surface area contributed by atoms with Gasteiger partial charge in [0.2, 0.25) is 0 Å². The van der Waals surface area contributed by atoms with E-state index >= 15 is 0 Å². The maximum Gasteiger partial charge on any atom is 0.365 e. The molecule has 1 atom stereocenters. The molecule has 0 aliphatic heterocycles. The molecule has 142 valence electrons. The molecular formula is C17H38O4Si3. The molecule has 0 aromatic rings. The first kappa shape index (κ1) is 24.0. The molecule has 0 saturated heterocycles. The Morgan fingerprint density at radius 1 is 0.792 bits per heavy atom. The zero-order valence-electron chi connectivity index (χ0n) is 17.0. The van der Waals surface area contributed by atoms with Crippen molar-refractivity contribution in [2.45, 2.75) is 53.3 Å². The van der Waals surface area contributed by atoms with Crippen LogP contribution >= 0.6 is 0 Å². The van der Waals surface area contributed by atoms with Gasteiger partial charge in [0, 0.05) is 42.6 Å². The average Bonchev–Trinajstić information content (AvgIpc) is 2.47. The Hall–Kier alpha value is -0.0294. The minimum atomic E-state index is -2.49. The first-order chi connectivity index (χ1) is 11.1. The molecule has 0 rings (SSSR count). The summed E-state index contributed by atoms with van der Waals surface area (Å²) in [4.78, 5) is 0. The molecule has 0 N–H and O–H groups in total. The minimum Gasteiger partial charge on any atom is -0.392 e. The quantitative estimate of drug-likeness (QED) is 0.452. The lowest BCUT2D eigenvalue weighted by molar-refractivity contribution is 0.190. The van der Waals surface area contributed by atoms with E-state index < -0.39 is 17.1 Å². The van der Waals surface area contributed by atoms with Gasteiger partial charge in [0.05, 0.1) is 0 Å². The number of rotatable bonds is 13. The van der Waals surface area contributed by atoms with Gasteiger partial charge in [-0.15, -0.1) is 0 Å². The van der Waals surface area contributed by atoms with E-state index in [9.17, 15) is 0 Å². The normalized spacial score (nSPS) is 14.2. The van der Waals surface area contributed by atoms with E-state index in [4.69, 9.17) is 17.7 Å². The molecule has 0 aliphatic carbocycles. The number of allylic oxidation sites excluding steroid dienone is 2. The molecule has 0 spiro atoms. The first-order valence-corrected chi connectivity index (χ1v) is 14.9. The summed E-state index contributed by atoms with van der Waals surface area (Å²) in [6.45, 7) is 25.8. The summed E-state index contributed by atoms with van der Waals surface area (Å²) in [5.41, 5.74) is 0.463. The summed E-state index contributed by atoms with van der Waals surface area (Å²) in [5.74, 6) is 0.126. The number of hydrogen-bond acceptors (Lipinski definition) is 4. The zero-order valence-corrected chi connectivity index (χ0v) is 21.0. The van der Waals surface area contributed by atoms with Crippen molar-refractivity contribution in [3.63, 3.8) is 0 Å². The molecule has 0 aromatic carbocycles. The summed E-state index contributed by atoms with van der Waals surface area (Å²) in [6.07, 6.45) is 0. The largest absolute Gasteiger partial charge is 0.392 e. The zero-order chi connectivity index (χ0) is 19.0. The molecule has 0 saturated carbocycles. The van der Waals surface area contributed by atoms with E-state index in [0.717, 1.165) is 20.6 Å². The molecule has 7 heteroatoms. The summed E-state index contributed by atoms with van der Waals surface area (Å²) in [6, 6.07) is 0. The molecule has 1 unspecified atom stereocenters. The molecule has 4 nitrogen and oxygen atoms in total. The smallest absolute Gasteiger partial charge is 0.365 e. The van der Waals surface area contributed by atoms with Crippen LogP contribution in [0.3, 0.4) is 0 Å². The fourth-order valence-corrected chi connectivity index (χ4v) is 10.0. The minimum absolute atomic E-state index is 0.126. The van der Waals surface area contributed by atoms with E-state index in [1.54, 1.807) is 0 Å². The lowest BCUT2D eigenvalue weighted by Crippen LogP contribution is -2.49. The maximum atomic E-state index is 6.07. The fraction of sp³-hybridized carbons (Fsp3) is 0.765. The summed E-state index contributed by atoms with van der Waals surface area (Å²) < 4.78 is 24.3. The van der Waals surface area contributed by atoms with Crippen LogP contribution in [-0.2, 0) is 17.7 Å². The van der Waals surface area contributed by atoms with Crippen LogP contribution < -0.4 is 0 Å². The Labute approximate surface area is 154 Å². The van der Waals surface area contributed by atoms with Crippen LogP contribution in [0.25, 0.3) is 0 Å². The molecular weight excluding hydrogens is 352 g/mol. The van der Waals surface area contributed by atoms with Crippen LogP contribution in [0.2, 0.25) is 18.6 Å². The summed E-state index contributed by atoms with van der Waals surface area (Å²) >= 11 is 0. The lowest BCUT2D eigenvalue weighted by atomic mass is 10.1. The van der Waals surface area contributed by atoms with Crippen LogP contribution in [0.15, 0.2) is 23.6 Å². The Morgan fingerprint density at radius 3 is 1.21 bits per heavy atom. The van der Waals surface area contributed by atoms with Gasteiger partial charge in [0.25, 0.3) is 0 Å². The maximum absolute atomic E-state index is 6.07. The predicted octanol–water partition coefficient (Wildman–Crippen LogP) is 3.26. The van der Waals surface area contributed by atoms with Gasteiger partial charge in [0.1, 0.15) is 0 Å². The standard InChI is InChI=1S/C17H38O4Si3/c1-10-18-23(8,19-11-2)15(6)17(14(5)22)16(7)24(9,20-12-3)21-13-4/h14,17H,6-7,10-13H2,1-5,8-9,22H3. The van der Waals surface area contributed by atoms with Gasteiger partial charge in [-0.2, -0.15) is 0 Å². The van der Waals surface area contributed by atoms with Crippen molar-refractivity contribution in [1.29, 1.82) is 0 Å². The third-order valence-corrected chi connectivity index (χ3v) is 11.2. The second-order valence-corrected chi connectivity index (χ2v) is 14.4. The van der Waals surface area contributed by atoms with Gasteiger partial charge in [-0.3, -0.25) is 0 Å². The Balaban J connectivity index is 5.76. The van der Waals surface area contributed by atoms with Crippen LogP contribution in [0.1, 0.15) is 34.6 Å². The Bertz CT molecular complexity index is 367. The van der Waals surface area contributed by atoms with Crippen molar-refractivity contribution < 1.29 is 17.7 Å². The summed E-state index contributed by atoms with van der Waals surface area (Å²) in [5, 5.41) is 2.11. The van der Waals surface area contributed by atoms with Crippen molar-refractivity contribution in [3.05, 3.63) is 23.6 Å². The van der Waals surface area contributed by atoms with E-state index in [-0.39, 0.29) is 5.92 Å². The average molecular weight is 391 g/mol. The molecule has 0 aliphatic rings. The van der Waals surface area contributed by atoms with Gasteiger partial charge in [-0.05, 0) is 56.7 Å². The highest BCUT2D eigenvalue weighted by Crippen LogP contribution is 2.39. The molecule has 0 radical (unpaired) electrons. The van der Waals surface area contributed by atoms with Crippen molar-refractivity contribution in [2.75, 3.05) is 26.4 Å². The van der Waals surface area contributed by atoms with Gasteiger partial charge in [-0.25, -0.2) is 0 Å². The van der Waals surface area contributed by atoms with Crippen molar-refractivity contribution >= 4 is 27.4 Å². The van der Waals surface area contributed by atoms with Crippen molar-refractivity contribution in [2.24, 2.45) is 5.92 Å². The van der Waals surface area contributed by atoms with Gasteiger partial charge in [0.15, 0.2) is 0 Å². The molecule has 0 heterocycles. The van der Waals surface area contributed by atoms with E-state index in [1.807, 2.05) is 27.7 Å². The third-order valence-electron chi connectivity index (χ3n) is 4.26. The SMILES string of the molecule is C=C(C(C(=C)[Si](C)(OCC)OCC)C(C)[SiH3])[Si](C)(OCC)OCC. The predicted molar refractivity (Wildman–Crippen MR) is 111 cm³/mol. The Morgan fingerprint density at radius 2 is 1.04 bits per heavy atom. The van der Waals surface area contributed by atoms with E-state index in [2.05, 4.69) is 33.2 Å². The third kappa shape index (κ3) is 6.05. The van der Waals surface area contributed by atoms with Gasteiger partial charge < -0.3 is 17.7 Å². The van der Waals surface area contributed by atoms with Crippen molar-refractivity contribution in [3.8, 4) is 0 Å². The van der Waals surface area contributed by atoms with E-state index in [0.29, 0.717) is 32.0 Å². The molecule has 0 aromatic heterocycles. The highest BCUT2D eigenvalue weighted by Gasteiger charge is 2.46. The second kappa shape index (κ2) is 10.8. The van der Waals surface area contributed by atoms with Crippen molar-refractivity contribution in [1.82, 2.24) is 0 Å². The molecule has 24 heavy (non-hydrogen) atoms. The lowest BCUT2D eigenvalue weighted by Gasteiger charge is -2.39. The topological polar surface area (TPSA) is 36.9 Å². The van der Waals surface area contributed by atoms with E-state index in [1.165, 1.54) is 0 Å². The monoisotopic (exact) mass is 390 g/mol. The molecule has 0 amide bonds. The van der Waals surface area contributed by atoms with Crippen LogP contribution in [0.5, 0.6) is 0 Å². The van der Waals surface area contributed by atoms with Gasteiger partial charge >= 0.3 is 17.1 Å². The highest BCUT2D eigenvalue weighted by atomic mass is 28.4. The van der Waals surface area contributed by atoms with Crippen LogP contribution in [0.4, 0.5) is 0 Å². The Kier molecular flexibility index (Phi) is 10.8. The number of hydrogen-bond donors (Lipinski definition) is 0. The molecule has 0 fully saturated rings. The van der Waals surface area contributed by atoms with Crippen LogP contribution in [0, 0.1) is 5.92 Å². The highest BCUT2D eigenvalue weighted by molar-refractivity contribution is 6.76. The summed E-state index contributed by atoms with van der Waals surface area (Å²) in [7, 11) is -3.94.